The van der Waals surface area contributed by atoms with E-state index in [1.54, 1.807) is 37.3 Å². The van der Waals surface area contributed by atoms with Crippen LogP contribution in [0.15, 0.2) is 54.9 Å². The van der Waals surface area contributed by atoms with Crippen LogP contribution < -0.4 is 20.3 Å². The van der Waals surface area contributed by atoms with Crippen molar-refractivity contribution in [3.05, 3.63) is 66.2 Å². The average molecular weight is 487 g/mol. The van der Waals surface area contributed by atoms with Crippen LogP contribution in [0.5, 0.6) is 11.6 Å². The third-order valence-corrected chi connectivity index (χ3v) is 5.52. The normalized spacial score (nSPS) is 17.3. The van der Waals surface area contributed by atoms with E-state index in [9.17, 15) is 9.18 Å². The van der Waals surface area contributed by atoms with E-state index in [1.807, 2.05) is 30.3 Å². The molecule has 2 N–H and O–H groups in total. The summed E-state index contributed by atoms with van der Waals surface area (Å²) >= 11 is 0. The number of para-hydroxylation sites is 1. The minimum Gasteiger partial charge on any atom is -0.438 e. The summed E-state index contributed by atoms with van der Waals surface area (Å²) in [7, 11) is 3.48. The van der Waals surface area contributed by atoms with E-state index in [0.29, 0.717) is 17.3 Å². The highest BCUT2D eigenvalue weighted by Crippen LogP contribution is 2.25. The number of hydrogen-bond acceptors (Lipinski definition) is 7. The molecule has 34 heavy (non-hydrogen) atoms. The van der Waals surface area contributed by atoms with Gasteiger partial charge in [0.05, 0.1) is 6.20 Å². The van der Waals surface area contributed by atoms with Crippen LogP contribution in [0.3, 0.4) is 0 Å². The Morgan fingerprint density at radius 2 is 1.74 bits per heavy atom. The van der Waals surface area contributed by atoms with E-state index in [-0.39, 0.29) is 42.1 Å². The maximum Gasteiger partial charge on any atom is 0.257 e. The molecule has 0 aliphatic heterocycles. The van der Waals surface area contributed by atoms with Crippen molar-refractivity contribution in [3.63, 3.8) is 0 Å². The first-order chi connectivity index (χ1) is 16.0. The fourth-order valence-corrected chi connectivity index (χ4v) is 3.81. The van der Waals surface area contributed by atoms with E-state index in [1.165, 1.54) is 6.20 Å². The molecule has 1 aromatic carbocycles. The third kappa shape index (κ3) is 6.32. The van der Waals surface area contributed by atoms with Crippen LogP contribution in [-0.2, 0) is 0 Å². The van der Waals surface area contributed by atoms with Gasteiger partial charge in [-0.25, -0.2) is 14.4 Å². The molecular formula is C24H28ClFN6O2. The first-order valence-electron chi connectivity index (χ1n) is 10.9. The number of halogens is 2. The lowest BCUT2D eigenvalue weighted by atomic mass is 9.91. The summed E-state index contributed by atoms with van der Waals surface area (Å²) in [6, 6.07) is 12.9. The second-order valence-electron chi connectivity index (χ2n) is 8.20. The number of anilines is 2. The van der Waals surface area contributed by atoms with Gasteiger partial charge in [-0.15, -0.1) is 12.4 Å². The molecule has 1 amide bonds. The molecule has 4 rings (SSSR count). The largest absolute Gasteiger partial charge is 0.438 e. The molecular weight excluding hydrogens is 459 g/mol. The number of carbonyl (C=O) groups is 1. The lowest BCUT2D eigenvalue weighted by molar-refractivity contribution is 0.0923. The highest BCUT2D eigenvalue weighted by molar-refractivity contribution is 5.96. The zero-order chi connectivity index (χ0) is 23.2. The van der Waals surface area contributed by atoms with Crippen LogP contribution >= 0.6 is 12.4 Å². The van der Waals surface area contributed by atoms with Crippen molar-refractivity contribution in [1.82, 2.24) is 20.3 Å². The van der Waals surface area contributed by atoms with Gasteiger partial charge in [0.15, 0.2) is 11.6 Å². The van der Waals surface area contributed by atoms with Crippen molar-refractivity contribution in [1.29, 1.82) is 0 Å². The molecule has 0 saturated heterocycles. The molecule has 2 heterocycles. The van der Waals surface area contributed by atoms with Crippen LogP contribution in [-0.4, -0.2) is 47.0 Å². The first-order valence-corrected chi connectivity index (χ1v) is 10.9. The lowest BCUT2D eigenvalue weighted by Crippen LogP contribution is -2.40. The van der Waals surface area contributed by atoms with Crippen molar-refractivity contribution in [2.24, 2.45) is 0 Å². The molecule has 10 heteroatoms. The van der Waals surface area contributed by atoms with Gasteiger partial charge in [0, 0.05) is 32.4 Å². The number of benzene rings is 1. The number of hydrogen-bond donors (Lipinski definition) is 2. The SMILES string of the molecule is CN(C)c1nc(N[C@H]2CC[C@@H](NC(=O)c3cccnc3Oc3ccccc3)CC2)ncc1F.Cl. The van der Waals surface area contributed by atoms with Gasteiger partial charge in [0.25, 0.3) is 5.91 Å². The molecule has 0 unspecified atom stereocenters. The molecule has 0 radical (unpaired) electrons. The third-order valence-electron chi connectivity index (χ3n) is 5.52. The molecule has 2 aromatic heterocycles. The van der Waals surface area contributed by atoms with Gasteiger partial charge in [-0.3, -0.25) is 4.79 Å². The molecule has 0 spiro atoms. The minimum atomic E-state index is -0.456. The molecule has 1 fully saturated rings. The van der Waals surface area contributed by atoms with Gasteiger partial charge < -0.3 is 20.3 Å². The predicted molar refractivity (Wildman–Crippen MR) is 131 cm³/mol. The zero-order valence-corrected chi connectivity index (χ0v) is 19.9. The number of nitrogens with one attached hydrogen (secondary N) is 2. The van der Waals surface area contributed by atoms with Crippen LogP contribution in [0.4, 0.5) is 16.2 Å². The Bertz CT molecular complexity index is 1090. The van der Waals surface area contributed by atoms with Crippen molar-refractivity contribution >= 4 is 30.1 Å². The highest BCUT2D eigenvalue weighted by Gasteiger charge is 2.25. The molecule has 1 saturated carbocycles. The zero-order valence-electron chi connectivity index (χ0n) is 19.1. The Balaban J connectivity index is 0.00000324. The molecule has 1 aliphatic carbocycles. The number of nitrogens with zero attached hydrogens (tertiary/aromatic N) is 4. The number of rotatable bonds is 7. The van der Waals surface area contributed by atoms with E-state index < -0.39 is 5.82 Å². The second-order valence-corrected chi connectivity index (χ2v) is 8.20. The van der Waals surface area contributed by atoms with Crippen LogP contribution in [0.2, 0.25) is 0 Å². The summed E-state index contributed by atoms with van der Waals surface area (Å²) in [5, 5.41) is 6.39. The Morgan fingerprint density at radius 3 is 2.44 bits per heavy atom. The van der Waals surface area contributed by atoms with Gasteiger partial charge in [0.1, 0.15) is 11.3 Å². The van der Waals surface area contributed by atoms with Crippen molar-refractivity contribution in [2.75, 3.05) is 24.3 Å². The molecule has 180 valence electrons. The quantitative estimate of drug-likeness (QED) is 0.510. The molecule has 0 bridgehead atoms. The van der Waals surface area contributed by atoms with Gasteiger partial charge >= 0.3 is 0 Å². The smallest absolute Gasteiger partial charge is 0.257 e. The van der Waals surface area contributed by atoms with Gasteiger partial charge in [0.2, 0.25) is 11.8 Å². The van der Waals surface area contributed by atoms with Crippen LogP contribution in [0.1, 0.15) is 36.0 Å². The van der Waals surface area contributed by atoms with Crippen molar-refractivity contribution in [3.8, 4) is 11.6 Å². The van der Waals surface area contributed by atoms with Gasteiger partial charge in [-0.1, -0.05) is 18.2 Å². The fourth-order valence-electron chi connectivity index (χ4n) is 3.81. The average Bonchev–Trinajstić information content (AvgIpc) is 2.82. The number of pyridine rings is 1. The highest BCUT2D eigenvalue weighted by atomic mass is 35.5. The molecule has 8 nitrogen and oxygen atoms in total. The summed E-state index contributed by atoms with van der Waals surface area (Å²) in [6.07, 6.45) is 6.07. The van der Waals surface area contributed by atoms with E-state index >= 15 is 0 Å². The standard InChI is InChI=1S/C24H27FN6O2.ClH/c1-31(2)21-20(25)15-27-24(30-21)29-17-12-10-16(11-13-17)28-22(32)19-9-6-14-26-23(19)33-18-7-4-3-5-8-18;/h3-9,14-17H,10-13H2,1-2H3,(H,28,32)(H,27,29,30);1H/t16-,17+;. The van der Waals surface area contributed by atoms with Crippen molar-refractivity contribution in [2.45, 2.75) is 37.8 Å². The Kier molecular flexibility index (Phi) is 8.59. The van der Waals surface area contributed by atoms with Crippen LogP contribution in [0, 0.1) is 5.82 Å². The number of amides is 1. The predicted octanol–water partition coefficient (Wildman–Crippen LogP) is 4.44. The summed E-state index contributed by atoms with van der Waals surface area (Å²) in [5.74, 6) is 0.897. The van der Waals surface area contributed by atoms with Gasteiger partial charge in [-0.05, 0) is 49.9 Å². The first kappa shape index (κ1) is 25.2. The summed E-state index contributed by atoms with van der Waals surface area (Å²) in [5.41, 5.74) is 0.400. The second kappa shape index (κ2) is 11.6. The Hall–Kier alpha value is -3.46. The number of carbonyl (C=O) groups excluding carboxylic acids is 1. The van der Waals surface area contributed by atoms with E-state index in [0.717, 1.165) is 25.7 Å². The monoisotopic (exact) mass is 486 g/mol. The van der Waals surface area contributed by atoms with Gasteiger partial charge in [-0.2, -0.15) is 4.98 Å². The van der Waals surface area contributed by atoms with Crippen molar-refractivity contribution < 1.29 is 13.9 Å². The Labute approximate surface area is 204 Å². The van der Waals surface area contributed by atoms with E-state index in [2.05, 4.69) is 25.6 Å². The summed E-state index contributed by atoms with van der Waals surface area (Å²) < 4.78 is 19.6. The van der Waals surface area contributed by atoms with E-state index in [4.69, 9.17) is 4.74 Å². The number of aromatic nitrogens is 3. The lowest BCUT2D eigenvalue weighted by Gasteiger charge is -2.30. The molecule has 3 aromatic rings. The molecule has 0 atom stereocenters. The number of ether oxygens (including phenoxy) is 1. The summed E-state index contributed by atoms with van der Waals surface area (Å²) in [4.78, 5) is 27.1. The molecule has 1 aliphatic rings. The maximum atomic E-state index is 13.8. The fraction of sp³-hybridized carbons (Fsp3) is 0.333. The Morgan fingerprint density at radius 1 is 1.03 bits per heavy atom. The van der Waals surface area contributed by atoms with Crippen LogP contribution in [0.25, 0.3) is 0 Å². The topological polar surface area (TPSA) is 92.3 Å². The summed E-state index contributed by atoms with van der Waals surface area (Å²) in [6.45, 7) is 0. The minimum absolute atomic E-state index is 0. The maximum absolute atomic E-state index is 13.8.